The van der Waals surface area contributed by atoms with Crippen molar-refractivity contribution in [3.05, 3.63) is 33.0 Å². The summed E-state index contributed by atoms with van der Waals surface area (Å²) < 4.78 is 0. The fraction of sp³-hybridized carbons (Fsp3) is 0.364. The highest BCUT2D eigenvalue weighted by atomic mass is 16.6. The van der Waals surface area contributed by atoms with Gasteiger partial charge in [0.05, 0.1) is 10.5 Å². The van der Waals surface area contributed by atoms with Crippen LogP contribution < -0.4 is 5.73 Å². The van der Waals surface area contributed by atoms with Crippen LogP contribution in [-0.2, 0) is 0 Å². The van der Waals surface area contributed by atoms with Crippen LogP contribution in [0.1, 0.15) is 35.6 Å². The molecule has 0 radical (unpaired) electrons. The molecule has 0 saturated carbocycles. The van der Waals surface area contributed by atoms with Gasteiger partial charge in [0.25, 0.3) is 0 Å². The zero-order valence-corrected chi connectivity index (χ0v) is 8.86. The number of rotatable bonds is 1. The summed E-state index contributed by atoms with van der Waals surface area (Å²) in [5.74, 6) is 0.397. The van der Waals surface area contributed by atoms with Crippen molar-refractivity contribution >= 4 is 17.1 Å². The van der Waals surface area contributed by atoms with Gasteiger partial charge >= 0.3 is 5.69 Å². The minimum atomic E-state index is -0.421. The summed E-state index contributed by atoms with van der Waals surface area (Å²) in [7, 11) is 0. The molecule has 1 aromatic rings. The summed E-state index contributed by atoms with van der Waals surface area (Å²) in [6.07, 6.45) is 4.12. The van der Waals surface area contributed by atoms with Crippen LogP contribution >= 0.6 is 0 Å². The number of nitrogens with two attached hydrogens (primary N) is 1. The number of aryl methyl sites for hydroxylation is 1. The first-order valence-corrected chi connectivity index (χ1v) is 5.26. The van der Waals surface area contributed by atoms with Gasteiger partial charge in [0, 0.05) is 11.6 Å². The first-order valence-electron chi connectivity index (χ1n) is 5.26. The molecule has 5 heteroatoms. The van der Waals surface area contributed by atoms with Crippen molar-refractivity contribution in [1.82, 2.24) is 4.98 Å². The highest BCUT2D eigenvalue weighted by Crippen LogP contribution is 2.57. The number of nitrogen functional groups attached to an aromatic ring is 1. The molecule has 1 atom stereocenters. The molecule has 16 heavy (non-hydrogen) atoms. The van der Waals surface area contributed by atoms with Gasteiger partial charge in [0.15, 0.2) is 0 Å². The molecule has 82 valence electrons. The van der Waals surface area contributed by atoms with Gasteiger partial charge in [-0.15, -0.1) is 0 Å². The van der Waals surface area contributed by atoms with Gasteiger partial charge in [-0.3, -0.25) is 10.1 Å². The molecule has 0 amide bonds. The van der Waals surface area contributed by atoms with Gasteiger partial charge < -0.3 is 5.73 Å². The molecule has 1 heterocycles. The van der Waals surface area contributed by atoms with Gasteiger partial charge in [-0.2, -0.15) is 0 Å². The summed E-state index contributed by atoms with van der Waals surface area (Å²) in [5.41, 5.74) is 9.32. The van der Waals surface area contributed by atoms with E-state index in [1.54, 1.807) is 0 Å². The molecule has 5 nitrogen and oxygen atoms in total. The Hall–Kier alpha value is -1.91. The standard InChI is InChI=1S/C11H11N3O2/c1-5-8-6-3-2-4-7(6)9(8)10(14(15)16)11(12)13-5/h4,6H,2-3H2,1H3,(H2,12,13). The molecule has 2 aliphatic carbocycles. The number of hydrogen-bond acceptors (Lipinski definition) is 4. The summed E-state index contributed by atoms with van der Waals surface area (Å²) >= 11 is 0. The number of nitro groups is 1. The van der Waals surface area contributed by atoms with Gasteiger partial charge in [-0.1, -0.05) is 6.08 Å². The summed E-state index contributed by atoms with van der Waals surface area (Å²) in [4.78, 5) is 14.6. The largest absolute Gasteiger partial charge is 0.378 e. The third-order valence-electron chi connectivity index (χ3n) is 3.44. The number of nitrogens with zero attached hydrogens (tertiary/aromatic N) is 2. The highest BCUT2D eigenvalue weighted by molar-refractivity contribution is 5.93. The van der Waals surface area contributed by atoms with E-state index >= 15 is 0 Å². The fourth-order valence-electron chi connectivity index (χ4n) is 2.84. The van der Waals surface area contributed by atoms with Crippen molar-refractivity contribution in [1.29, 1.82) is 0 Å². The van der Waals surface area contributed by atoms with Crippen LogP contribution in [0.2, 0.25) is 0 Å². The number of pyridine rings is 1. The summed E-state index contributed by atoms with van der Waals surface area (Å²) in [6, 6.07) is 0. The van der Waals surface area contributed by atoms with Crippen molar-refractivity contribution in [3.63, 3.8) is 0 Å². The normalized spacial score (nSPS) is 20.8. The van der Waals surface area contributed by atoms with Gasteiger partial charge in [-0.05, 0) is 30.9 Å². The van der Waals surface area contributed by atoms with E-state index < -0.39 is 4.92 Å². The maximum atomic E-state index is 11.0. The first kappa shape index (κ1) is 9.33. The number of anilines is 1. The number of aromatic nitrogens is 1. The molecule has 0 spiro atoms. The van der Waals surface area contributed by atoms with Crippen molar-refractivity contribution in [2.24, 2.45) is 0 Å². The second-order valence-corrected chi connectivity index (χ2v) is 4.27. The van der Waals surface area contributed by atoms with Gasteiger partial charge in [-0.25, -0.2) is 4.98 Å². The van der Waals surface area contributed by atoms with Crippen LogP contribution in [0.5, 0.6) is 0 Å². The topological polar surface area (TPSA) is 82.0 Å². The monoisotopic (exact) mass is 217 g/mol. The van der Waals surface area contributed by atoms with Crippen LogP contribution in [0.3, 0.4) is 0 Å². The van der Waals surface area contributed by atoms with Crippen molar-refractivity contribution in [2.45, 2.75) is 25.7 Å². The van der Waals surface area contributed by atoms with Crippen molar-refractivity contribution in [2.75, 3.05) is 5.73 Å². The van der Waals surface area contributed by atoms with Gasteiger partial charge in [0.2, 0.25) is 5.82 Å². The lowest BCUT2D eigenvalue weighted by Crippen LogP contribution is -2.19. The highest BCUT2D eigenvalue weighted by Gasteiger charge is 2.43. The van der Waals surface area contributed by atoms with E-state index in [-0.39, 0.29) is 11.5 Å². The third kappa shape index (κ3) is 0.925. The number of allylic oxidation sites excluding steroid dienone is 2. The molecule has 2 N–H and O–H groups in total. The minimum absolute atomic E-state index is 0.00926. The average Bonchev–Trinajstić information content (AvgIpc) is 2.56. The van der Waals surface area contributed by atoms with E-state index in [4.69, 9.17) is 5.73 Å². The molecule has 2 aliphatic rings. The van der Waals surface area contributed by atoms with Crippen LogP contribution in [0.15, 0.2) is 6.08 Å². The average molecular weight is 217 g/mol. The Morgan fingerprint density at radius 1 is 1.62 bits per heavy atom. The molecule has 1 aromatic heterocycles. The van der Waals surface area contributed by atoms with E-state index in [0.717, 1.165) is 35.2 Å². The Balaban J connectivity index is 2.33. The fourth-order valence-corrected chi connectivity index (χ4v) is 2.84. The third-order valence-corrected chi connectivity index (χ3v) is 3.44. The van der Waals surface area contributed by atoms with Crippen LogP contribution in [-0.4, -0.2) is 9.91 Å². The Labute approximate surface area is 92.1 Å². The molecular formula is C11H11N3O2. The number of hydrogen-bond donors (Lipinski definition) is 1. The minimum Gasteiger partial charge on any atom is -0.378 e. The molecular weight excluding hydrogens is 206 g/mol. The number of fused-ring (bicyclic) bond motifs is 4. The molecule has 0 bridgehead atoms. The molecule has 0 aliphatic heterocycles. The molecule has 0 fully saturated rings. The predicted octanol–water partition coefficient (Wildman–Crippen LogP) is 2.15. The Morgan fingerprint density at radius 2 is 2.38 bits per heavy atom. The summed E-state index contributed by atoms with van der Waals surface area (Å²) in [6.45, 7) is 1.87. The van der Waals surface area contributed by atoms with Crippen LogP contribution in [0.4, 0.5) is 11.5 Å². The zero-order chi connectivity index (χ0) is 11.4. The first-order chi connectivity index (χ1) is 7.61. The SMILES string of the molecule is Cc1nc(N)c([N+](=O)[O-])c2c1C1CCC=C21. The Bertz CT molecular complexity index is 549. The quantitative estimate of drug-likeness (QED) is 0.577. The Morgan fingerprint density at radius 3 is 3.06 bits per heavy atom. The molecule has 0 saturated heterocycles. The molecule has 1 unspecified atom stereocenters. The Kier molecular flexibility index (Phi) is 1.64. The maximum Gasteiger partial charge on any atom is 0.318 e. The van der Waals surface area contributed by atoms with Gasteiger partial charge in [0.1, 0.15) is 0 Å². The van der Waals surface area contributed by atoms with Crippen molar-refractivity contribution in [3.8, 4) is 0 Å². The van der Waals surface area contributed by atoms with E-state index in [0.29, 0.717) is 5.92 Å². The lowest BCUT2D eigenvalue weighted by molar-refractivity contribution is -0.384. The predicted molar refractivity (Wildman–Crippen MR) is 60.0 cm³/mol. The van der Waals surface area contributed by atoms with E-state index in [9.17, 15) is 10.1 Å². The second kappa shape index (κ2) is 2.81. The zero-order valence-electron chi connectivity index (χ0n) is 8.86. The van der Waals surface area contributed by atoms with E-state index in [2.05, 4.69) is 11.1 Å². The van der Waals surface area contributed by atoms with E-state index in [1.807, 2.05) is 6.92 Å². The molecule has 3 rings (SSSR count). The molecule has 0 aromatic carbocycles. The van der Waals surface area contributed by atoms with E-state index in [1.165, 1.54) is 0 Å². The second-order valence-electron chi connectivity index (χ2n) is 4.27. The van der Waals surface area contributed by atoms with Crippen molar-refractivity contribution < 1.29 is 4.92 Å². The lowest BCUT2D eigenvalue weighted by Gasteiger charge is -2.31. The van der Waals surface area contributed by atoms with Crippen LogP contribution in [0, 0.1) is 17.0 Å². The maximum absolute atomic E-state index is 11.0. The lowest BCUT2D eigenvalue weighted by atomic mass is 9.73. The summed E-state index contributed by atoms with van der Waals surface area (Å²) in [5, 5.41) is 11.0. The smallest absolute Gasteiger partial charge is 0.318 e. The van der Waals surface area contributed by atoms with Crippen LogP contribution in [0.25, 0.3) is 5.57 Å².